The summed E-state index contributed by atoms with van der Waals surface area (Å²) in [5.74, 6) is 0.134. The van der Waals surface area contributed by atoms with Gasteiger partial charge >= 0.3 is 5.82 Å². The highest BCUT2D eigenvalue weighted by Gasteiger charge is 2.27. The van der Waals surface area contributed by atoms with E-state index in [-0.39, 0.29) is 11.5 Å². The highest BCUT2D eigenvalue weighted by molar-refractivity contribution is 5.75. The smallest absolute Gasteiger partial charge is 0.336 e. The quantitative estimate of drug-likeness (QED) is 0.272. The standard InChI is InChI=1S/C7H5N3O3/c11-9-4-2-6(10(12)13)5-1-3-8-7(5)9/h2-4H,1H2. The van der Waals surface area contributed by atoms with Crippen LogP contribution in [-0.2, 0) is 6.42 Å². The van der Waals surface area contributed by atoms with E-state index in [0.717, 1.165) is 6.20 Å². The molecule has 1 aliphatic rings. The minimum Gasteiger partial charge on any atom is -0.710 e. The van der Waals surface area contributed by atoms with Gasteiger partial charge < -0.3 is 5.21 Å². The number of aliphatic imine (C=N–C) groups is 1. The number of pyridine rings is 1. The van der Waals surface area contributed by atoms with Gasteiger partial charge in [-0.15, -0.1) is 0 Å². The van der Waals surface area contributed by atoms with Crippen LogP contribution >= 0.6 is 0 Å². The first-order valence-electron chi connectivity index (χ1n) is 3.62. The summed E-state index contributed by atoms with van der Waals surface area (Å²) < 4.78 is 0.534. The molecule has 0 radical (unpaired) electrons. The summed E-state index contributed by atoms with van der Waals surface area (Å²) in [7, 11) is 0. The maximum atomic E-state index is 11.1. The summed E-state index contributed by atoms with van der Waals surface area (Å²) in [6.07, 6.45) is 2.94. The van der Waals surface area contributed by atoms with Gasteiger partial charge in [0.05, 0.1) is 11.0 Å². The first-order chi connectivity index (χ1) is 6.20. The van der Waals surface area contributed by atoms with Crippen molar-refractivity contribution in [1.82, 2.24) is 0 Å². The fraction of sp³-hybridized carbons (Fsp3) is 0.143. The minimum absolute atomic E-state index is 0.0420. The number of hydrogen-bond acceptors (Lipinski definition) is 4. The average Bonchev–Trinajstić information content (AvgIpc) is 2.53. The largest absolute Gasteiger partial charge is 0.710 e. The van der Waals surface area contributed by atoms with Crippen LogP contribution in [0.1, 0.15) is 5.56 Å². The summed E-state index contributed by atoms with van der Waals surface area (Å²) in [6, 6.07) is 1.19. The van der Waals surface area contributed by atoms with Crippen molar-refractivity contribution >= 4 is 17.7 Å². The Kier molecular flexibility index (Phi) is 1.48. The summed E-state index contributed by atoms with van der Waals surface area (Å²) in [5, 5.41) is 21.6. The van der Waals surface area contributed by atoms with E-state index in [4.69, 9.17) is 0 Å². The second-order valence-corrected chi connectivity index (χ2v) is 2.60. The second kappa shape index (κ2) is 2.51. The lowest BCUT2D eigenvalue weighted by molar-refractivity contribution is -0.592. The number of nitro groups is 1. The predicted molar refractivity (Wildman–Crippen MR) is 43.9 cm³/mol. The number of nitrogens with zero attached hydrogens (tertiary/aromatic N) is 3. The van der Waals surface area contributed by atoms with Crippen molar-refractivity contribution in [3.05, 3.63) is 33.1 Å². The molecule has 0 fully saturated rings. The molecule has 0 atom stereocenters. The van der Waals surface area contributed by atoms with E-state index in [9.17, 15) is 15.3 Å². The Morgan fingerprint density at radius 1 is 1.62 bits per heavy atom. The van der Waals surface area contributed by atoms with Crippen LogP contribution in [0.3, 0.4) is 0 Å². The van der Waals surface area contributed by atoms with Gasteiger partial charge in [-0.3, -0.25) is 10.1 Å². The van der Waals surface area contributed by atoms with E-state index in [2.05, 4.69) is 4.99 Å². The van der Waals surface area contributed by atoms with Gasteiger partial charge in [0.15, 0.2) is 0 Å². The Labute approximate surface area is 72.9 Å². The third kappa shape index (κ3) is 1.03. The predicted octanol–water partition coefficient (Wildman–Crippen LogP) is 0.487. The average molecular weight is 179 g/mol. The minimum atomic E-state index is -0.506. The molecule has 6 heteroatoms. The zero-order valence-corrected chi connectivity index (χ0v) is 6.51. The van der Waals surface area contributed by atoms with Crippen LogP contribution in [0.2, 0.25) is 0 Å². The van der Waals surface area contributed by atoms with Gasteiger partial charge in [-0.05, 0) is 0 Å². The van der Waals surface area contributed by atoms with Gasteiger partial charge in [-0.2, -0.15) is 0 Å². The highest BCUT2D eigenvalue weighted by atomic mass is 16.6. The molecular formula is C7H5N3O3. The number of fused-ring (bicyclic) bond motifs is 1. The van der Waals surface area contributed by atoms with E-state index in [1.54, 1.807) is 0 Å². The molecule has 0 aromatic carbocycles. The molecule has 1 aromatic heterocycles. The van der Waals surface area contributed by atoms with Crippen LogP contribution in [0.15, 0.2) is 17.3 Å². The molecule has 0 bridgehead atoms. The van der Waals surface area contributed by atoms with Crippen LogP contribution in [0.25, 0.3) is 0 Å². The molecule has 66 valence electrons. The van der Waals surface area contributed by atoms with Crippen LogP contribution in [-0.4, -0.2) is 11.1 Å². The Balaban J connectivity index is 2.66. The van der Waals surface area contributed by atoms with E-state index in [1.807, 2.05) is 0 Å². The molecule has 0 saturated heterocycles. The number of hydrogen-bond donors (Lipinski definition) is 0. The van der Waals surface area contributed by atoms with Crippen molar-refractivity contribution in [2.45, 2.75) is 6.42 Å². The molecule has 0 amide bonds. The van der Waals surface area contributed by atoms with E-state index in [1.165, 1.54) is 12.3 Å². The van der Waals surface area contributed by atoms with Gasteiger partial charge in [0.25, 0.3) is 5.69 Å². The zero-order valence-electron chi connectivity index (χ0n) is 6.51. The Bertz CT molecular complexity index is 414. The summed E-state index contributed by atoms with van der Waals surface area (Å²) in [6.45, 7) is 0. The van der Waals surface area contributed by atoms with Crippen LogP contribution in [0, 0.1) is 15.3 Å². The molecule has 0 unspecified atom stereocenters. The molecule has 2 rings (SSSR count). The number of rotatable bonds is 1. The van der Waals surface area contributed by atoms with Gasteiger partial charge in [0, 0.05) is 6.42 Å². The first-order valence-corrected chi connectivity index (χ1v) is 3.62. The van der Waals surface area contributed by atoms with E-state index >= 15 is 0 Å². The molecule has 0 spiro atoms. The van der Waals surface area contributed by atoms with Crippen molar-refractivity contribution in [2.75, 3.05) is 0 Å². The third-order valence-electron chi connectivity index (χ3n) is 1.86. The Hall–Kier alpha value is -1.98. The highest BCUT2D eigenvalue weighted by Crippen LogP contribution is 2.28. The van der Waals surface area contributed by atoms with Gasteiger partial charge in [0.1, 0.15) is 18.0 Å². The topological polar surface area (TPSA) is 82.4 Å². The van der Waals surface area contributed by atoms with E-state index in [0.29, 0.717) is 16.7 Å². The van der Waals surface area contributed by atoms with Crippen LogP contribution < -0.4 is 4.73 Å². The maximum Gasteiger partial charge on any atom is 0.336 e. The van der Waals surface area contributed by atoms with Gasteiger partial charge in [-0.1, -0.05) is 4.99 Å². The monoisotopic (exact) mass is 179 g/mol. The molecule has 0 aliphatic carbocycles. The van der Waals surface area contributed by atoms with Crippen molar-refractivity contribution in [3.8, 4) is 0 Å². The summed E-state index contributed by atoms with van der Waals surface area (Å²) in [4.78, 5) is 13.8. The van der Waals surface area contributed by atoms with Gasteiger partial charge in [0.2, 0.25) is 0 Å². The van der Waals surface area contributed by atoms with Crippen LogP contribution in [0.4, 0.5) is 11.5 Å². The summed E-state index contributed by atoms with van der Waals surface area (Å²) >= 11 is 0. The molecule has 1 aliphatic heterocycles. The molecule has 0 N–H and O–H groups in total. The lowest BCUT2D eigenvalue weighted by atomic mass is 10.2. The molecule has 0 saturated carbocycles. The lowest BCUT2D eigenvalue weighted by Gasteiger charge is -2.03. The third-order valence-corrected chi connectivity index (χ3v) is 1.86. The Morgan fingerprint density at radius 3 is 3.08 bits per heavy atom. The van der Waals surface area contributed by atoms with Crippen LogP contribution in [0.5, 0.6) is 0 Å². The normalized spacial score (nSPS) is 12.9. The molecule has 1 aromatic rings. The molecule has 13 heavy (non-hydrogen) atoms. The SMILES string of the molecule is O=[N+]([O-])c1cc[n+]([O-])c2c1CC=N2. The fourth-order valence-corrected chi connectivity index (χ4v) is 1.28. The maximum absolute atomic E-state index is 11.1. The van der Waals surface area contributed by atoms with Crippen molar-refractivity contribution in [1.29, 1.82) is 0 Å². The molecule has 2 heterocycles. The Morgan fingerprint density at radius 2 is 2.38 bits per heavy atom. The van der Waals surface area contributed by atoms with Crippen molar-refractivity contribution in [3.63, 3.8) is 0 Å². The fourth-order valence-electron chi connectivity index (χ4n) is 1.28. The van der Waals surface area contributed by atoms with Crippen molar-refractivity contribution < 1.29 is 9.65 Å². The molecule has 6 nitrogen and oxygen atoms in total. The number of aromatic nitrogens is 1. The zero-order chi connectivity index (χ0) is 9.42. The lowest BCUT2D eigenvalue weighted by Crippen LogP contribution is -2.26. The van der Waals surface area contributed by atoms with Crippen molar-refractivity contribution in [2.24, 2.45) is 4.99 Å². The molecular weight excluding hydrogens is 174 g/mol. The second-order valence-electron chi connectivity index (χ2n) is 2.60. The summed E-state index contributed by atoms with van der Waals surface area (Å²) in [5.41, 5.74) is 0.349. The first kappa shape index (κ1) is 7.66. The van der Waals surface area contributed by atoms with E-state index < -0.39 is 4.92 Å². The van der Waals surface area contributed by atoms with Gasteiger partial charge in [-0.25, -0.2) is 4.73 Å².